The summed E-state index contributed by atoms with van der Waals surface area (Å²) in [7, 11) is -3.69. The van der Waals surface area contributed by atoms with E-state index in [1.165, 1.54) is 12.1 Å². The van der Waals surface area contributed by atoms with Crippen molar-refractivity contribution in [2.75, 3.05) is 11.9 Å². The molecule has 6 heteroatoms. The van der Waals surface area contributed by atoms with Crippen molar-refractivity contribution in [1.82, 2.24) is 0 Å². The second kappa shape index (κ2) is 7.04. The molecule has 3 N–H and O–H groups in total. The van der Waals surface area contributed by atoms with Gasteiger partial charge >= 0.3 is 0 Å². The number of Topliss-reactive ketones (excluding diaryl/α,β-unsaturated/α-hetero) is 1. The van der Waals surface area contributed by atoms with Gasteiger partial charge < -0.3 is 5.32 Å². The van der Waals surface area contributed by atoms with Crippen molar-refractivity contribution >= 4 is 32.3 Å². The molecule has 0 aromatic heterocycles. The molecule has 0 atom stereocenters. The van der Waals surface area contributed by atoms with Gasteiger partial charge in [-0.3, -0.25) is 4.79 Å². The Labute approximate surface area is 146 Å². The molecule has 128 valence electrons. The fraction of sp³-hybridized carbons (Fsp3) is 0.105. The number of nitrogens with one attached hydrogen (secondary N) is 1. The number of fused-ring (bicyclic) bond motifs is 1. The van der Waals surface area contributed by atoms with E-state index in [-0.39, 0.29) is 10.7 Å². The summed E-state index contributed by atoms with van der Waals surface area (Å²) in [5.41, 5.74) is 1.42. The Balaban J connectivity index is 1.60. The van der Waals surface area contributed by atoms with Crippen LogP contribution in [0.2, 0.25) is 0 Å². The Morgan fingerprint density at radius 2 is 1.60 bits per heavy atom. The zero-order valence-corrected chi connectivity index (χ0v) is 14.3. The van der Waals surface area contributed by atoms with Crippen LogP contribution in [0.1, 0.15) is 16.8 Å². The SMILES string of the molecule is NS(=O)(=O)c1ccc(NCCC(=O)c2ccc3ccccc3c2)cc1. The van der Waals surface area contributed by atoms with Crippen LogP contribution in [0.25, 0.3) is 10.8 Å². The third kappa shape index (κ3) is 4.23. The van der Waals surface area contributed by atoms with E-state index < -0.39 is 10.0 Å². The molecule has 0 aliphatic rings. The molecular formula is C19H18N2O3S. The van der Waals surface area contributed by atoms with Crippen molar-refractivity contribution in [2.45, 2.75) is 11.3 Å². The van der Waals surface area contributed by atoms with Gasteiger partial charge in [0.05, 0.1) is 4.90 Å². The summed E-state index contributed by atoms with van der Waals surface area (Å²) in [5.74, 6) is 0.0550. The van der Waals surface area contributed by atoms with Crippen LogP contribution in [0.4, 0.5) is 5.69 Å². The number of anilines is 1. The number of primary sulfonamides is 1. The predicted molar refractivity (Wildman–Crippen MR) is 99.2 cm³/mol. The highest BCUT2D eigenvalue weighted by atomic mass is 32.2. The average molecular weight is 354 g/mol. The van der Waals surface area contributed by atoms with Crippen molar-refractivity contribution in [2.24, 2.45) is 5.14 Å². The summed E-state index contributed by atoms with van der Waals surface area (Å²) in [6, 6.07) is 19.7. The molecule has 0 amide bonds. The fourth-order valence-corrected chi connectivity index (χ4v) is 3.11. The maximum absolute atomic E-state index is 12.3. The van der Waals surface area contributed by atoms with Crippen LogP contribution in [-0.4, -0.2) is 20.7 Å². The lowest BCUT2D eigenvalue weighted by Crippen LogP contribution is -2.12. The van der Waals surface area contributed by atoms with E-state index in [0.717, 1.165) is 16.5 Å². The van der Waals surface area contributed by atoms with E-state index in [4.69, 9.17) is 5.14 Å². The Kier molecular flexibility index (Phi) is 4.83. The summed E-state index contributed by atoms with van der Waals surface area (Å²) in [6.45, 7) is 0.459. The van der Waals surface area contributed by atoms with Crippen molar-refractivity contribution < 1.29 is 13.2 Å². The number of sulfonamides is 1. The lowest BCUT2D eigenvalue weighted by molar-refractivity contribution is 0.0986. The minimum atomic E-state index is -3.69. The van der Waals surface area contributed by atoms with E-state index in [9.17, 15) is 13.2 Å². The zero-order chi connectivity index (χ0) is 17.9. The van der Waals surface area contributed by atoms with E-state index in [1.807, 2.05) is 42.5 Å². The lowest BCUT2D eigenvalue weighted by atomic mass is 10.0. The first-order valence-corrected chi connectivity index (χ1v) is 9.37. The molecule has 0 aliphatic heterocycles. The maximum Gasteiger partial charge on any atom is 0.238 e. The Hall–Kier alpha value is -2.70. The number of benzene rings is 3. The number of nitrogens with two attached hydrogens (primary N) is 1. The van der Waals surface area contributed by atoms with Gasteiger partial charge in [0.25, 0.3) is 0 Å². The molecule has 0 saturated heterocycles. The van der Waals surface area contributed by atoms with Gasteiger partial charge in [-0.1, -0.05) is 36.4 Å². The van der Waals surface area contributed by atoms with Gasteiger partial charge in [0.1, 0.15) is 0 Å². The highest BCUT2D eigenvalue weighted by Gasteiger charge is 2.08. The summed E-state index contributed by atoms with van der Waals surface area (Å²) in [5, 5.41) is 10.3. The van der Waals surface area contributed by atoms with Crippen LogP contribution < -0.4 is 10.5 Å². The molecule has 0 unspecified atom stereocenters. The Morgan fingerprint density at radius 3 is 2.28 bits per heavy atom. The summed E-state index contributed by atoms with van der Waals surface area (Å²) < 4.78 is 22.4. The third-order valence-electron chi connectivity index (χ3n) is 3.94. The third-order valence-corrected chi connectivity index (χ3v) is 4.86. The van der Waals surface area contributed by atoms with E-state index in [2.05, 4.69) is 5.32 Å². The number of rotatable bonds is 6. The molecule has 3 rings (SSSR count). The largest absolute Gasteiger partial charge is 0.385 e. The van der Waals surface area contributed by atoms with E-state index >= 15 is 0 Å². The predicted octanol–water partition coefficient (Wildman–Crippen LogP) is 3.17. The van der Waals surface area contributed by atoms with E-state index in [1.54, 1.807) is 12.1 Å². The monoisotopic (exact) mass is 354 g/mol. The minimum absolute atomic E-state index is 0.0550. The molecule has 0 saturated carbocycles. The van der Waals surface area contributed by atoms with Crippen LogP contribution in [-0.2, 0) is 10.0 Å². The summed E-state index contributed by atoms with van der Waals surface area (Å²) in [6.07, 6.45) is 0.343. The van der Waals surface area contributed by atoms with Crippen molar-refractivity contribution in [3.8, 4) is 0 Å². The van der Waals surface area contributed by atoms with Crippen LogP contribution in [0, 0.1) is 0 Å². The van der Waals surface area contributed by atoms with Gasteiger partial charge in [0, 0.05) is 24.2 Å². The van der Waals surface area contributed by atoms with Crippen LogP contribution >= 0.6 is 0 Å². The van der Waals surface area contributed by atoms with Crippen molar-refractivity contribution in [3.05, 3.63) is 72.3 Å². The molecule has 0 heterocycles. The second-order valence-electron chi connectivity index (χ2n) is 5.73. The molecule has 5 nitrogen and oxygen atoms in total. The quantitative estimate of drug-likeness (QED) is 0.665. The zero-order valence-electron chi connectivity index (χ0n) is 13.5. The fourth-order valence-electron chi connectivity index (χ4n) is 2.59. The van der Waals surface area contributed by atoms with Crippen molar-refractivity contribution in [1.29, 1.82) is 0 Å². The van der Waals surface area contributed by atoms with Gasteiger partial charge in [0.15, 0.2) is 5.78 Å². The molecule has 0 radical (unpaired) electrons. The molecule has 3 aromatic carbocycles. The second-order valence-corrected chi connectivity index (χ2v) is 7.29. The Morgan fingerprint density at radius 1 is 0.920 bits per heavy atom. The van der Waals surface area contributed by atoms with Gasteiger partial charge in [-0.05, 0) is 41.1 Å². The molecule has 0 spiro atoms. The molecule has 25 heavy (non-hydrogen) atoms. The minimum Gasteiger partial charge on any atom is -0.385 e. The topological polar surface area (TPSA) is 89.3 Å². The summed E-state index contributed by atoms with van der Waals surface area (Å²) in [4.78, 5) is 12.4. The van der Waals surface area contributed by atoms with Gasteiger partial charge in [-0.25, -0.2) is 13.6 Å². The highest BCUT2D eigenvalue weighted by molar-refractivity contribution is 7.89. The molecule has 0 aliphatic carbocycles. The number of ketones is 1. The number of hydrogen-bond acceptors (Lipinski definition) is 4. The molecule has 0 fully saturated rings. The molecule has 3 aromatic rings. The van der Waals surface area contributed by atoms with Crippen LogP contribution in [0.3, 0.4) is 0 Å². The normalized spacial score (nSPS) is 11.4. The number of carbonyl (C=O) groups is 1. The smallest absolute Gasteiger partial charge is 0.238 e. The van der Waals surface area contributed by atoms with Gasteiger partial charge in [0.2, 0.25) is 10.0 Å². The van der Waals surface area contributed by atoms with Gasteiger partial charge in [-0.2, -0.15) is 0 Å². The Bertz CT molecular complexity index is 1010. The first kappa shape index (κ1) is 17.1. The summed E-state index contributed by atoms with van der Waals surface area (Å²) >= 11 is 0. The van der Waals surface area contributed by atoms with Crippen LogP contribution in [0.15, 0.2) is 71.6 Å². The first-order chi connectivity index (χ1) is 11.9. The van der Waals surface area contributed by atoms with Crippen LogP contribution in [0.5, 0.6) is 0 Å². The average Bonchev–Trinajstić information content (AvgIpc) is 2.61. The number of carbonyl (C=O) groups excluding carboxylic acids is 1. The number of hydrogen-bond donors (Lipinski definition) is 2. The highest BCUT2D eigenvalue weighted by Crippen LogP contribution is 2.17. The maximum atomic E-state index is 12.3. The van der Waals surface area contributed by atoms with Gasteiger partial charge in [-0.15, -0.1) is 0 Å². The first-order valence-electron chi connectivity index (χ1n) is 7.82. The van der Waals surface area contributed by atoms with Crippen molar-refractivity contribution in [3.63, 3.8) is 0 Å². The van der Waals surface area contributed by atoms with E-state index in [0.29, 0.717) is 18.5 Å². The molecular weight excluding hydrogens is 336 g/mol. The standard InChI is InChI=1S/C19H18N2O3S/c20-25(23,24)18-9-7-17(8-10-18)21-12-11-19(22)16-6-5-14-3-1-2-4-15(14)13-16/h1-10,13,21H,11-12H2,(H2,20,23,24). The lowest BCUT2D eigenvalue weighted by Gasteiger charge is -2.07. The molecule has 0 bridgehead atoms.